The summed E-state index contributed by atoms with van der Waals surface area (Å²) in [4.78, 5) is 0. The second-order valence-corrected chi connectivity index (χ2v) is 3.43. The number of halogens is 1. The van der Waals surface area contributed by atoms with Crippen molar-refractivity contribution >= 4 is 21.5 Å². The highest BCUT2D eigenvalue weighted by Crippen LogP contribution is 2.23. The van der Waals surface area contributed by atoms with Crippen LogP contribution in [0.3, 0.4) is 0 Å². The minimum atomic E-state index is 0.527. The van der Waals surface area contributed by atoms with E-state index in [0.717, 1.165) is 10.0 Å². The number of ether oxygens (including phenoxy) is 1. The Balaban J connectivity index is 3.03. The lowest BCUT2D eigenvalue weighted by Gasteiger charge is -2.02. The Bertz CT molecular complexity index is 379. The molecule has 1 aromatic rings. The van der Waals surface area contributed by atoms with Crippen LogP contribution in [0.25, 0.3) is 5.57 Å². The number of hydrogen-bond acceptors (Lipinski definition) is 2. The van der Waals surface area contributed by atoms with Crippen molar-refractivity contribution in [2.45, 2.75) is 6.92 Å². The summed E-state index contributed by atoms with van der Waals surface area (Å²) >= 11 is 3.38. The Morgan fingerprint density at radius 1 is 1.57 bits per heavy atom. The quantitative estimate of drug-likeness (QED) is 0.610. The SMILES string of the molecule is CCO/C=C(/C#N)c1ccccc1Br. The lowest BCUT2D eigenvalue weighted by molar-refractivity contribution is 0.271. The summed E-state index contributed by atoms with van der Waals surface area (Å²) in [7, 11) is 0. The van der Waals surface area contributed by atoms with Gasteiger partial charge in [-0.15, -0.1) is 0 Å². The van der Waals surface area contributed by atoms with Crippen LogP contribution >= 0.6 is 15.9 Å². The number of benzene rings is 1. The molecule has 0 N–H and O–H groups in total. The zero-order valence-corrected chi connectivity index (χ0v) is 9.41. The molecule has 0 saturated heterocycles. The van der Waals surface area contributed by atoms with Gasteiger partial charge in [0.1, 0.15) is 12.3 Å². The van der Waals surface area contributed by atoms with Gasteiger partial charge in [0.05, 0.1) is 12.2 Å². The first-order valence-corrected chi connectivity index (χ1v) is 5.05. The Morgan fingerprint density at radius 3 is 2.86 bits per heavy atom. The van der Waals surface area contributed by atoms with E-state index >= 15 is 0 Å². The van der Waals surface area contributed by atoms with Gasteiger partial charge < -0.3 is 4.74 Å². The predicted molar refractivity (Wildman–Crippen MR) is 59.4 cm³/mol. The third-order valence-electron chi connectivity index (χ3n) is 1.65. The van der Waals surface area contributed by atoms with Gasteiger partial charge in [-0.05, 0) is 13.0 Å². The second kappa shape index (κ2) is 5.46. The van der Waals surface area contributed by atoms with Crippen molar-refractivity contribution in [2.24, 2.45) is 0 Å². The van der Waals surface area contributed by atoms with E-state index < -0.39 is 0 Å². The van der Waals surface area contributed by atoms with Gasteiger partial charge >= 0.3 is 0 Å². The molecule has 0 atom stereocenters. The lowest BCUT2D eigenvalue weighted by Crippen LogP contribution is -1.86. The molecule has 0 aliphatic heterocycles. The molecular formula is C11H10BrNO. The minimum absolute atomic E-state index is 0.527. The molecule has 0 saturated carbocycles. The van der Waals surface area contributed by atoms with Gasteiger partial charge in [-0.25, -0.2) is 0 Å². The van der Waals surface area contributed by atoms with Gasteiger partial charge in [0, 0.05) is 10.0 Å². The number of rotatable bonds is 3. The first-order valence-electron chi connectivity index (χ1n) is 4.26. The molecule has 0 bridgehead atoms. The van der Waals surface area contributed by atoms with E-state index in [-0.39, 0.29) is 0 Å². The molecule has 0 aliphatic carbocycles. The third kappa shape index (κ3) is 2.61. The fourth-order valence-electron chi connectivity index (χ4n) is 0.996. The Hall–Kier alpha value is -1.27. The van der Waals surface area contributed by atoms with Crippen LogP contribution in [0, 0.1) is 11.3 Å². The van der Waals surface area contributed by atoms with E-state index in [1.54, 1.807) is 0 Å². The minimum Gasteiger partial charge on any atom is -0.500 e. The van der Waals surface area contributed by atoms with Crippen LogP contribution in [0.1, 0.15) is 12.5 Å². The van der Waals surface area contributed by atoms with E-state index in [4.69, 9.17) is 10.00 Å². The maximum absolute atomic E-state index is 8.91. The summed E-state index contributed by atoms with van der Waals surface area (Å²) in [6.45, 7) is 2.45. The third-order valence-corrected chi connectivity index (χ3v) is 2.34. The van der Waals surface area contributed by atoms with Gasteiger partial charge in [0.15, 0.2) is 0 Å². The number of hydrogen-bond donors (Lipinski definition) is 0. The maximum atomic E-state index is 8.91. The summed E-state index contributed by atoms with van der Waals surface area (Å²) in [5.74, 6) is 0. The predicted octanol–water partition coefficient (Wildman–Crippen LogP) is 3.35. The highest BCUT2D eigenvalue weighted by molar-refractivity contribution is 9.10. The lowest BCUT2D eigenvalue weighted by atomic mass is 10.1. The fourth-order valence-corrected chi connectivity index (χ4v) is 1.49. The van der Waals surface area contributed by atoms with Gasteiger partial charge in [-0.2, -0.15) is 5.26 Å². The largest absolute Gasteiger partial charge is 0.500 e. The summed E-state index contributed by atoms with van der Waals surface area (Å²) in [6.07, 6.45) is 1.49. The molecule has 0 radical (unpaired) electrons. The fraction of sp³-hybridized carbons (Fsp3) is 0.182. The maximum Gasteiger partial charge on any atom is 0.103 e. The molecule has 0 unspecified atom stereocenters. The van der Waals surface area contributed by atoms with Crippen LogP contribution in [0.2, 0.25) is 0 Å². The van der Waals surface area contributed by atoms with Gasteiger partial charge in [0.25, 0.3) is 0 Å². The topological polar surface area (TPSA) is 33.0 Å². The highest BCUT2D eigenvalue weighted by atomic mass is 79.9. The summed E-state index contributed by atoms with van der Waals surface area (Å²) in [5, 5.41) is 8.91. The second-order valence-electron chi connectivity index (χ2n) is 2.58. The van der Waals surface area contributed by atoms with Crippen molar-refractivity contribution in [1.29, 1.82) is 5.26 Å². The first-order chi connectivity index (χ1) is 6.79. The van der Waals surface area contributed by atoms with Crippen molar-refractivity contribution in [3.8, 4) is 6.07 Å². The van der Waals surface area contributed by atoms with E-state index in [2.05, 4.69) is 22.0 Å². The molecule has 0 heterocycles. The van der Waals surface area contributed by atoms with Crippen molar-refractivity contribution < 1.29 is 4.74 Å². The van der Waals surface area contributed by atoms with E-state index in [1.807, 2.05) is 31.2 Å². The van der Waals surface area contributed by atoms with Crippen LogP contribution in [0.5, 0.6) is 0 Å². The van der Waals surface area contributed by atoms with E-state index in [0.29, 0.717) is 12.2 Å². The standard InChI is InChI=1S/C11H10BrNO/c1-2-14-8-9(7-13)10-5-3-4-6-11(10)12/h3-6,8H,2H2,1H3/b9-8-. The van der Waals surface area contributed by atoms with Crippen LogP contribution < -0.4 is 0 Å². The summed E-state index contributed by atoms with van der Waals surface area (Å²) in [6, 6.07) is 9.66. The summed E-state index contributed by atoms with van der Waals surface area (Å²) < 4.78 is 5.99. The average molecular weight is 252 g/mol. The van der Waals surface area contributed by atoms with Crippen LogP contribution in [0.15, 0.2) is 35.0 Å². The Morgan fingerprint density at radius 2 is 2.29 bits per heavy atom. The molecule has 0 aliphatic rings. The van der Waals surface area contributed by atoms with Crippen molar-refractivity contribution in [2.75, 3.05) is 6.61 Å². The smallest absolute Gasteiger partial charge is 0.103 e. The molecule has 14 heavy (non-hydrogen) atoms. The number of nitrogens with zero attached hydrogens (tertiary/aromatic N) is 1. The van der Waals surface area contributed by atoms with Gasteiger partial charge in [-0.1, -0.05) is 34.1 Å². The van der Waals surface area contributed by atoms with E-state index in [1.165, 1.54) is 6.26 Å². The van der Waals surface area contributed by atoms with Crippen LogP contribution in [-0.4, -0.2) is 6.61 Å². The van der Waals surface area contributed by atoms with Gasteiger partial charge in [0.2, 0.25) is 0 Å². The normalized spacial score (nSPS) is 10.8. The molecule has 3 heteroatoms. The Labute approximate surface area is 91.9 Å². The molecule has 1 aromatic carbocycles. The molecule has 0 aromatic heterocycles. The highest BCUT2D eigenvalue weighted by Gasteiger charge is 2.04. The first kappa shape index (κ1) is 10.8. The van der Waals surface area contributed by atoms with Crippen molar-refractivity contribution in [3.63, 3.8) is 0 Å². The molecule has 1 rings (SSSR count). The van der Waals surface area contributed by atoms with Crippen LogP contribution in [-0.2, 0) is 4.74 Å². The molecule has 0 spiro atoms. The zero-order valence-electron chi connectivity index (χ0n) is 7.83. The molecular weight excluding hydrogens is 242 g/mol. The molecule has 0 fully saturated rings. The number of nitriles is 1. The zero-order chi connectivity index (χ0) is 10.4. The van der Waals surface area contributed by atoms with Crippen LogP contribution in [0.4, 0.5) is 0 Å². The summed E-state index contributed by atoms with van der Waals surface area (Å²) in [5.41, 5.74) is 1.38. The molecule has 2 nitrogen and oxygen atoms in total. The number of allylic oxidation sites excluding steroid dienone is 1. The monoisotopic (exact) mass is 251 g/mol. The molecule has 0 amide bonds. The van der Waals surface area contributed by atoms with Gasteiger partial charge in [-0.3, -0.25) is 0 Å². The molecule has 72 valence electrons. The Kier molecular flexibility index (Phi) is 4.21. The average Bonchev–Trinajstić information content (AvgIpc) is 2.21. The van der Waals surface area contributed by atoms with E-state index in [9.17, 15) is 0 Å². The van der Waals surface area contributed by atoms with Crippen molar-refractivity contribution in [1.82, 2.24) is 0 Å². The van der Waals surface area contributed by atoms with Crippen molar-refractivity contribution in [3.05, 3.63) is 40.6 Å².